The van der Waals surface area contributed by atoms with E-state index in [1.165, 1.54) is 21.6 Å². The van der Waals surface area contributed by atoms with Gasteiger partial charge < -0.3 is 5.11 Å². The van der Waals surface area contributed by atoms with Gasteiger partial charge in [0.2, 0.25) is 0 Å². The quantitative estimate of drug-likeness (QED) is 0.569. The predicted octanol–water partition coefficient (Wildman–Crippen LogP) is 1.85. The lowest BCUT2D eigenvalue weighted by Crippen LogP contribution is -2.10. The first-order valence-corrected chi connectivity index (χ1v) is 8.01. The Morgan fingerprint density at radius 3 is 2.17 bits per heavy atom. The van der Waals surface area contributed by atoms with Crippen LogP contribution in [0, 0.1) is 10.4 Å². The van der Waals surface area contributed by atoms with Gasteiger partial charge in [0.25, 0.3) is 0 Å². The second-order valence-electron chi connectivity index (χ2n) is 6.31. The molecule has 116 valence electrons. The minimum atomic E-state index is 0.281. The van der Waals surface area contributed by atoms with Gasteiger partial charge >= 0.3 is 0 Å². The molecule has 0 unspecified atom stereocenters. The molecule has 3 aromatic carbocycles. The Morgan fingerprint density at radius 2 is 1.42 bits per heavy atom. The van der Waals surface area contributed by atoms with Crippen molar-refractivity contribution in [2.45, 2.75) is 6.42 Å². The lowest BCUT2D eigenvalue weighted by Gasteiger charge is -1.97. The average Bonchev–Trinajstić information content (AvgIpc) is 2.93. The van der Waals surface area contributed by atoms with Gasteiger partial charge in [-0.25, -0.2) is 0 Å². The summed E-state index contributed by atoms with van der Waals surface area (Å²) >= 11 is 0. The van der Waals surface area contributed by atoms with E-state index < -0.39 is 0 Å². The molecule has 0 heterocycles. The maximum absolute atomic E-state index is 10.5. The largest absolute Gasteiger partial charge is 0.507 e. The number of aliphatic hydroxyl groups is 1. The van der Waals surface area contributed by atoms with Crippen molar-refractivity contribution in [1.82, 2.24) is 0 Å². The highest BCUT2D eigenvalue weighted by Gasteiger charge is 2.09. The van der Waals surface area contributed by atoms with Gasteiger partial charge in [0.05, 0.1) is 0 Å². The number of aliphatic hydroxyl groups excluding tert-OH is 1. The summed E-state index contributed by atoms with van der Waals surface area (Å²) in [5.41, 5.74) is 2.56. The third-order valence-corrected chi connectivity index (χ3v) is 4.52. The first kappa shape index (κ1) is 14.5. The molecule has 0 radical (unpaired) electrons. The van der Waals surface area contributed by atoms with Crippen molar-refractivity contribution < 1.29 is 5.11 Å². The molecular formula is C23H18O. The van der Waals surface area contributed by atoms with E-state index in [1.54, 1.807) is 6.08 Å². The fourth-order valence-corrected chi connectivity index (χ4v) is 3.28. The van der Waals surface area contributed by atoms with Gasteiger partial charge in [-0.05, 0) is 55.8 Å². The lowest BCUT2D eigenvalue weighted by atomic mass is 10.1. The number of rotatable bonds is 1. The zero-order valence-corrected chi connectivity index (χ0v) is 13.4. The fraction of sp³-hybridized carbons (Fsp3) is 0.0435. The molecular weight excluding hydrogens is 292 g/mol. The first-order valence-electron chi connectivity index (χ1n) is 8.01. The van der Waals surface area contributed by atoms with Crippen LogP contribution in [0.15, 0.2) is 60.7 Å². The van der Waals surface area contributed by atoms with E-state index in [1.807, 2.05) is 36.4 Å². The Hall–Kier alpha value is -3.06. The monoisotopic (exact) mass is 310 g/mol. The Bertz CT molecular complexity index is 1240. The fourth-order valence-electron chi connectivity index (χ4n) is 3.28. The summed E-state index contributed by atoms with van der Waals surface area (Å²) < 4.78 is 0. The summed E-state index contributed by atoms with van der Waals surface area (Å²) in [5, 5.41) is 16.8. The van der Waals surface area contributed by atoms with Crippen LogP contribution in [0.5, 0.6) is 0 Å². The van der Waals surface area contributed by atoms with Crippen LogP contribution < -0.4 is 20.9 Å². The highest BCUT2D eigenvalue weighted by molar-refractivity contribution is 5.69. The molecule has 4 rings (SSSR count). The molecule has 0 saturated heterocycles. The number of hydrogen-bond acceptors (Lipinski definition) is 1. The van der Waals surface area contributed by atoms with Crippen molar-refractivity contribution in [2.24, 2.45) is 0 Å². The Kier molecular flexibility index (Phi) is 3.35. The van der Waals surface area contributed by atoms with Gasteiger partial charge in [-0.2, -0.15) is 0 Å². The van der Waals surface area contributed by atoms with Crippen molar-refractivity contribution in [3.8, 4) is 0 Å². The first-order chi connectivity index (χ1) is 11.6. The average molecular weight is 310 g/mol. The standard InChI is InChI=1S/C23H18O/c1-15-3-6-17(7-4-15)12-23(24)18-8-10-22-20(13-18)14-19-11-16(2)5-9-21(19)22/h3-13,24H,1-2,14H2. The van der Waals surface area contributed by atoms with E-state index >= 15 is 0 Å². The normalized spacial score (nSPS) is 13.2. The van der Waals surface area contributed by atoms with E-state index in [-0.39, 0.29) is 5.76 Å². The predicted molar refractivity (Wildman–Crippen MR) is 99.8 cm³/mol. The van der Waals surface area contributed by atoms with Crippen LogP contribution in [0.1, 0.15) is 11.1 Å². The smallest absolute Gasteiger partial charge is 0.123 e. The lowest BCUT2D eigenvalue weighted by molar-refractivity contribution is 0.518. The van der Waals surface area contributed by atoms with Gasteiger partial charge in [-0.15, -0.1) is 0 Å². The van der Waals surface area contributed by atoms with Gasteiger partial charge in [0.15, 0.2) is 0 Å². The third-order valence-electron chi connectivity index (χ3n) is 4.52. The highest BCUT2D eigenvalue weighted by Crippen LogP contribution is 2.18. The number of fused-ring (bicyclic) bond motifs is 2. The van der Waals surface area contributed by atoms with Crippen LogP contribution in [0.4, 0.5) is 0 Å². The molecule has 1 aliphatic rings. The molecule has 3 aromatic rings. The van der Waals surface area contributed by atoms with Crippen molar-refractivity contribution in [2.75, 3.05) is 0 Å². The molecule has 0 aliphatic heterocycles. The van der Waals surface area contributed by atoms with Crippen molar-refractivity contribution in [3.05, 3.63) is 103 Å². The van der Waals surface area contributed by atoms with Crippen molar-refractivity contribution in [3.63, 3.8) is 0 Å². The second kappa shape index (κ2) is 5.54. The number of hydrogen-bond donors (Lipinski definition) is 1. The van der Waals surface area contributed by atoms with Crippen LogP contribution >= 0.6 is 0 Å². The molecule has 1 aliphatic carbocycles. The maximum Gasteiger partial charge on any atom is 0.123 e. The second-order valence-corrected chi connectivity index (χ2v) is 6.31. The molecule has 0 amide bonds. The molecule has 0 bridgehead atoms. The van der Waals surface area contributed by atoms with E-state index in [0.717, 1.165) is 27.3 Å². The summed E-state index contributed by atoms with van der Waals surface area (Å²) in [4.78, 5) is 0. The topological polar surface area (TPSA) is 20.2 Å². The highest BCUT2D eigenvalue weighted by atomic mass is 16.3. The van der Waals surface area contributed by atoms with E-state index in [9.17, 15) is 5.11 Å². The van der Waals surface area contributed by atoms with Crippen LogP contribution in [-0.2, 0) is 6.42 Å². The van der Waals surface area contributed by atoms with Crippen LogP contribution in [-0.4, -0.2) is 5.11 Å². The minimum Gasteiger partial charge on any atom is -0.507 e. The molecule has 0 saturated carbocycles. The van der Waals surface area contributed by atoms with Crippen LogP contribution in [0.2, 0.25) is 0 Å². The van der Waals surface area contributed by atoms with Crippen molar-refractivity contribution in [1.29, 1.82) is 0 Å². The van der Waals surface area contributed by atoms with E-state index in [0.29, 0.717) is 0 Å². The van der Waals surface area contributed by atoms with E-state index in [2.05, 4.69) is 37.4 Å². The Morgan fingerprint density at radius 1 is 0.792 bits per heavy atom. The molecule has 0 aromatic heterocycles. The molecule has 0 spiro atoms. The summed E-state index contributed by atoms with van der Waals surface area (Å²) in [6.07, 6.45) is 2.68. The van der Waals surface area contributed by atoms with Crippen molar-refractivity contribution >= 4 is 25.0 Å². The molecule has 0 fully saturated rings. The van der Waals surface area contributed by atoms with Gasteiger partial charge in [-0.1, -0.05) is 67.8 Å². The molecule has 1 nitrogen and oxygen atoms in total. The molecule has 1 heteroatoms. The van der Waals surface area contributed by atoms with Crippen LogP contribution in [0.25, 0.3) is 25.0 Å². The summed E-state index contributed by atoms with van der Waals surface area (Å²) in [5.74, 6) is 0.281. The molecule has 24 heavy (non-hydrogen) atoms. The van der Waals surface area contributed by atoms with Crippen LogP contribution in [0.3, 0.4) is 0 Å². The zero-order valence-electron chi connectivity index (χ0n) is 13.4. The molecule has 0 atom stereocenters. The van der Waals surface area contributed by atoms with E-state index in [4.69, 9.17) is 0 Å². The minimum absolute atomic E-state index is 0.281. The summed E-state index contributed by atoms with van der Waals surface area (Å²) in [6.45, 7) is 7.88. The maximum atomic E-state index is 10.5. The summed E-state index contributed by atoms with van der Waals surface area (Å²) in [7, 11) is 0. The van der Waals surface area contributed by atoms with Gasteiger partial charge in [0.1, 0.15) is 5.76 Å². The Labute approximate surface area is 140 Å². The zero-order chi connectivity index (χ0) is 16.7. The molecule has 1 N–H and O–H groups in total. The Balaban J connectivity index is 1.90. The number of benzene rings is 3. The van der Waals surface area contributed by atoms with Gasteiger partial charge in [0, 0.05) is 5.22 Å². The summed E-state index contributed by atoms with van der Waals surface area (Å²) in [6, 6.07) is 20.3. The SMILES string of the molecule is C=c1ccc(=CC(O)=c2ccc3c(c2)Cc2cc(=C)ccc2=3)cc1. The van der Waals surface area contributed by atoms with Gasteiger partial charge in [-0.3, -0.25) is 0 Å². The third kappa shape index (κ3) is 2.55.